The number of Topliss-reactive ketones (excluding diaryl/α,β-unsaturated/α-hetero) is 1. The average Bonchev–Trinajstić information content (AvgIpc) is 3.46. The number of fused-ring (bicyclic) bond motifs is 14. The Hall–Kier alpha value is -5.16. The van der Waals surface area contributed by atoms with Crippen molar-refractivity contribution >= 4 is 40.3 Å². The number of rotatable bonds is 4. The standard InChI is InChI=1S/C43H58N4O12/c1-21-12-11-13-22(2)42(55)45-33-28(20-44-47-17-15-46(9)16-18-47)37(52)30-31(38(33)53)36(51)26(6)40-32(30)41(54)43(8,59-40)57-19-14-29(56-10)23(3)35(50)25(5)39(58-27(7)48)24(4)34(21)49/h11-14,19-21,23-25,29,34-35,39,49-53H,15-18H2,1-10H3,(H,45,55)/b12-11+,19-14+,22-13-,44-20+/t21-,23+,24+,25-,29-,34-,35+,39+,43-/m0/s1. The molecule has 0 saturated carbocycles. The normalized spacial score (nSPS) is 32.1. The van der Waals surface area contributed by atoms with Crippen LogP contribution in [0.15, 0.2) is 41.2 Å². The van der Waals surface area contributed by atoms with E-state index in [-0.39, 0.29) is 44.5 Å². The highest BCUT2D eigenvalue weighted by atomic mass is 16.7. The quantitative estimate of drug-likeness (QED) is 0.109. The van der Waals surface area contributed by atoms with Crippen LogP contribution in [0.1, 0.15) is 70.0 Å². The maximum Gasteiger partial charge on any atom is 0.312 e. The molecule has 4 aliphatic rings. The molecule has 1 fully saturated rings. The van der Waals surface area contributed by atoms with Crippen molar-refractivity contribution in [3.05, 3.63) is 52.8 Å². The van der Waals surface area contributed by atoms with Gasteiger partial charge >= 0.3 is 11.8 Å². The molecule has 5 bridgehead atoms. The van der Waals surface area contributed by atoms with Crippen LogP contribution < -0.4 is 10.1 Å². The number of hydrazone groups is 1. The van der Waals surface area contributed by atoms with E-state index in [9.17, 15) is 39.9 Å². The molecule has 6 rings (SSSR count). The predicted molar refractivity (Wildman–Crippen MR) is 220 cm³/mol. The molecule has 6 N–H and O–H groups in total. The Kier molecular flexibility index (Phi) is 13.7. The lowest BCUT2D eigenvalue weighted by Gasteiger charge is -2.38. The summed E-state index contributed by atoms with van der Waals surface area (Å²) in [6, 6.07) is 0. The predicted octanol–water partition coefficient (Wildman–Crippen LogP) is 4.34. The topological polar surface area (TPSA) is 220 Å². The van der Waals surface area contributed by atoms with E-state index in [1.807, 2.05) is 7.05 Å². The van der Waals surface area contributed by atoms with Gasteiger partial charge in [-0.25, -0.2) is 0 Å². The third-order valence-electron chi connectivity index (χ3n) is 11.9. The number of nitrogens with zero attached hydrogens (tertiary/aromatic N) is 3. The fourth-order valence-electron chi connectivity index (χ4n) is 7.92. The second kappa shape index (κ2) is 18.0. The SMILES string of the molecule is CO[C@H]1/C=C/O[C@@]2(C)Oc3c(C)c(O)c4c(O)c(c(/C=N/N5CCN(C)CC5)c(O)c4c3C2=O)NC(=O)/C(C)=C\C=C\[C@H](C)[C@H](O)[C@@H](C)[C@@H](OC(C)=O)[C@@H](C)[C@H](O)[C@@H]1C. The number of aliphatic hydroxyl groups is 2. The van der Waals surface area contributed by atoms with Crippen LogP contribution in [-0.4, -0.2) is 130 Å². The van der Waals surface area contributed by atoms with Gasteiger partial charge in [-0.2, -0.15) is 5.10 Å². The molecular weight excluding hydrogens is 764 g/mol. The van der Waals surface area contributed by atoms with Crippen molar-refractivity contribution in [2.24, 2.45) is 28.8 Å². The number of ether oxygens (including phenoxy) is 4. The number of piperazine rings is 1. The summed E-state index contributed by atoms with van der Waals surface area (Å²) in [5, 5.41) is 67.0. The number of carbonyl (C=O) groups excluding carboxylic acids is 3. The van der Waals surface area contributed by atoms with E-state index >= 15 is 0 Å². The first kappa shape index (κ1) is 44.9. The van der Waals surface area contributed by atoms with Crippen LogP contribution in [0.3, 0.4) is 0 Å². The van der Waals surface area contributed by atoms with Crippen LogP contribution in [0.2, 0.25) is 0 Å². The molecule has 4 heterocycles. The summed E-state index contributed by atoms with van der Waals surface area (Å²) in [6.07, 6.45) is 4.85. The number of phenols is 3. The van der Waals surface area contributed by atoms with Gasteiger partial charge < -0.3 is 54.7 Å². The highest BCUT2D eigenvalue weighted by Gasteiger charge is 2.50. The minimum atomic E-state index is -2.04. The summed E-state index contributed by atoms with van der Waals surface area (Å²) in [6.45, 7) is 15.1. The van der Waals surface area contributed by atoms with Gasteiger partial charge in [0.05, 0.1) is 53.0 Å². The van der Waals surface area contributed by atoms with Gasteiger partial charge in [-0.15, -0.1) is 0 Å². The molecule has 0 unspecified atom stereocenters. The first-order valence-electron chi connectivity index (χ1n) is 19.8. The molecule has 2 aromatic carbocycles. The van der Waals surface area contributed by atoms with E-state index in [0.717, 1.165) is 13.1 Å². The van der Waals surface area contributed by atoms with E-state index < -0.39 is 88.8 Å². The maximum absolute atomic E-state index is 14.4. The first-order valence-corrected chi connectivity index (χ1v) is 19.8. The number of benzene rings is 2. The molecule has 1 amide bonds. The number of hydrogen-bond acceptors (Lipinski definition) is 15. The fourth-order valence-corrected chi connectivity index (χ4v) is 7.92. The summed E-state index contributed by atoms with van der Waals surface area (Å²) < 4.78 is 23.5. The summed E-state index contributed by atoms with van der Waals surface area (Å²) in [5.41, 5.74) is -0.350. The molecule has 0 aliphatic carbocycles. The van der Waals surface area contributed by atoms with Crippen molar-refractivity contribution < 1.29 is 58.9 Å². The number of hydrogen-bond donors (Lipinski definition) is 6. The summed E-state index contributed by atoms with van der Waals surface area (Å²) in [7, 11) is 3.42. The Bertz CT molecular complexity index is 2070. The number of ketones is 1. The van der Waals surface area contributed by atoms with Gasteiger partial charge in [0, 0.05) is 87.3 Å². The lowest BCUT2D eigenvalue weighted by Crippen LogP contribution is -2.46. The van der Waals surface area contributed by atoms with E-state index in [1.165, 1.54) is 59.4 Å². The maximum atomic E-state index is 14.4. The molecule has 59 heavy (non-hydrogen) atoms. The van der Waals surface area contributed by atoms with Crippen molar-refractivity contribution in [2.45, 2.75) is 85.6 Å². The lowest BCUT2D eigenvalue weighted by molar-refractivity contribution is -0.161. The highest BCUT2D eigenvalue weighted by molar-refractivity contribution is 6.23. The van der Waals surface area contributed by atoms with Crippen molar-refractivity contribution in [2.75, 3.05) is 45.7 Å². The summed E-state index contributed by atoms with van der Waals surface area (Å²) >= 11 is 0. The van der Waals surface area contributed by atoms with Crippen LogP contribution in [0.5, 0.6) is 23.0 Å². The van der Waals surface area contributed by atoms with Gasteiger partial charge in [0.1, 0.15) is 23.4 Å². The van der Waals surface area contributed by atoms with Crippen molar-refractivity contribution in [1.82, 2.24) is 9.91 Å². The van der Waals surface area contributed by atoms with Crippen LogP contribution in [0.25, 0.3) is 10.8 Å². The van der Waals surface area contributed by atoms with E-state index in [0.29, 0.717) is 13.1 Å². The molecule has 9 atom stereocenters. The Morgan fingerprint density at radius 2 is 1.59 bits per heavy atom. The number of anilines is 1. The summed E-state index contributed by atoms with van der Waals surface area (Å²) in [5.74, 6) is -8.33. The lowest BCUT2D eigenvalue weighted by atomic mass is 9.78. The third kappa shape index (κ3) is 8.91. The Labute approximate surface area is 344 Å². The average molecular weight is 823 g/mol. The van der Waals surface area contributed by atoms with Gasteiger partial charge in [0.2, 0.25) is 0 Å². The first-order chi connectivity index (χ1) is 27.7. The zero-order valence-electron chi connectivity index (χ0n) is 35.3. The number of methoxy groups -OCH3 is 1. The number of aromatic hydroxyl groups is 3. The second-order valence-electron chi connectivity index (χ2n) is 16.1. The molecule has 16 heteroatoms. The molecular formula is C43H58N4O12. The van der Waals surface area contributed by atoms with E-state index in [4.69, 9.17) is 18.9 Å². The third-order valence-corrected chi connectivity index (χ3v) is 11.9. The highest BCUT2D eigenvalue weighted by Crippen LogP contribution is 2.55. The van der Waals surface area contributed by atoms with Gasteiger partial charge in [-0.05, 0) is 27.0 Å². The number of allylic oxidation sites excluding steroid dienone is 2. The molecule has 16 nitrogen and oxygen atoms in total. The summed E-state index contributed by atoms with van der Waals surface area (Å²) in [4.78, 5) is 42.6. The van der Waals surface area contributed by atoms with Gasteiger partial charge in [-0.3, -0.25) is 19.4 Å². The van der Waals surface area contributed by atoms with Crippen LogP contribution in [0.4, 0.5) is 5.69 Å². The van der Waals surface area contributed by atoms with E-state index in [1.54, 1.807) is 44.9 Å². The van der Waals surface area contributed by atoms with E-state index in [2.05, 4.69) is 15.3 Å². The van der Waals surface area contributed by atoms with Crippen LogP contribution in [0, 0.1) is 30.6 Å². The van der Waals surface area contributed by atoms with Crippen LogP contribution in [-0.2, 0) is 23.8 Å². The largest absolute Gasteiger partial charge is 0.507 e. The number of carbonyl (C=O) groups is 3. The van der Waals surface area contributed by atoms with Gasteiger partial charge in [0.25, 0.3) is 11.7 Å². The van der Waals surface area contributed by atoms with Crippen molar-refractivity contribution in [3.63, 3.8) is 0 Å². The molecule has 0 spiro atoms. The minimum absolute atomic E-state index is 0.0584. The number of amides is 1. The number of nitrogens with one attached hydrogen (secondary N) is 1. The molecule has 2 aromatic rings. The fraction of sp³-hybridized carbons (Fsp3) is 0.535. The molecule has 4 aliphatic heterocycles. The Morgan fingerprint density at radius 1 is 0.949 bits per heavy atom. The Morgan fingerprint density at radius 3 is 2.22 bits per heavy atom. The molecule has 0 aromatic heterocycles. The smallest absolute Gasteiger partial charge is 0.312 e. The molecule has 1 saturated heterocycles. The van der Waals surface area contributed by atoms with Gasteiger partial charge in [-0.1, -0.05) is 45.9 Å². The molecule has 0 radical (unpaired) electrons. The number of phenolic OH excluding ortho intramolecular Hbond substituents is 3. The van der Waals surface area contributed by atoms with Crippen LogP contribution >= 0.6 is 0 Å². The van der Waals surface area contributed by atoms with Gasteiger partial charge in [0.15, 0.2) is 5.75 Å². The zero-order chi connectivity index (χ0) is 43.7. The Balaban J connectivity index is 1.70. The number of esters is 1. The number of likely N-dealkylation sites (N-methyl/N-ethyl adjacent to an activating group) is 1. The minimum Gasteiger partial charge on any atom is -0.507 e. The number of aliphatic hydroxyl groups excluding tert-OH is 2. The van der Waals surface area contributed by atoms with Crippen molar-refractivity contribution in [1.29, 1.82) is 0 Å². The second-order valence-corrected chi connectivity index (χ2v) is 16.1. The van der Waals surface area contributed by atoms with Crippen molar-refractivity contribution in [3.8, 4) is 23.0 Å². The molecule has 322 valence electrons. The monoisotopic (exact) mass is 822 g/mol. The zero-order valence-corrected chi connectivity index (χ0v) is 35.3.